The summed E-state index contributed by atoms with van der Waals surface area (Å²) in [6.45, 7) is 4.15. The second kappa shape index (κ2) is 6.29. The first-order valence-electron chi connectivity index (χ1n) is 6.01. The highest BCUT2D eigenvalue weighted by atomic mass is 16.6. The Morgan fingerprint density at radius 2 is 2.05 bits per heavy atom. The summed E-state index contributed by atoms with van der Waals surface area (Å²) in [5.74, 6) is -0.847. The maximum atomic E-state index is 10.9. The molecule has 1 aromatic carbocycles. The summed E-state index contributed by atoms with van der Waals surface area (Å²) in [7, 11) is 0. The van der Waals surface area contributed by atoms with E-state index < -0.39 is 16.3 Å². The molecule has 0 aromatic heterocycles. The molecule has 104 valence electrons. The lowest BCUT2D eigenvalue weighted by atomic mass is 9.90. The zero-order valence-electron chi connectivity index (χ0n) is 11.0. The van der Waals surface area contributed by atoms with Crippen molar-refractivity contribution in [1.82, 2.24) is 5.32 Å². The zero-order valence-corrected chi connectivity index (χ0v) is 11.0. The highest BCUT2D eigenvalue weighted by Crippen LogP contribution is 2.20. The molecule has 19 heavy (non-hydrogen) atoms. The van der Waals surface area contributed by atoms with Crippen LogP contribution in [-0.4, -0.2) is 22.5 Å². The molecule has 0 unspecified atom stereocenters. The van der Waals surface area contributed by atoms with Crippen molar-refractivity contribution in [3.05, 3.63) is 39.9 Å². The Labute approximate surface area is 111 Å². The van der Waals surface area contributed by atoms with Crippen molar-refractivity contribution in [3.8, 4) is 0 Å². The number of nitrogens with zero attached hydrogens (tertiary/aromatic N) is 1. The molecule has 0 saturated heterocycles. The highest BCUT2D eigenvalue weighted by molar-refractivity contribution is 5.73. The first-order valence-corrected chi connectivity index (χ1v) is 6.01. The van der Waals surface area contributed by atoms with Gasteiger partial charge in [-0.3, -0.25) is 14.9 Å². The van der Waals surface area contributed by atoms with E-state index in [0.29, 0.717) is 25.1 Å². The van der Waals surface area contributed by atoms with Crippen molar-refractivity contribution in [2.75, 3.05) is 6.54 Å². The van der Waals surface area contributed by atoms with Gasteiger partial charge in [-0.05, 0) is 26.8 Å². The van der Waals surface area contributed by atoms with Crippen molar-refractivity contribution in [2.24, 2.45) is 5.41 Å². The van der Waals surface area contributed by atoms with Crippen LogP contribution in [0, 0.1) is 15.5 Å². The van der Waals surface area contributed by atoms with E-state index in [1.54, 1.807) is 32.0 Å². The number of nitro groups is 1. The molecule has 0 heterocycles. The van der Waals surface area contributed by atoms with Crippen LogP contribution in [0.15, 0.2) is 24.3 Å². The molecular weight excluding hydrogens is 248 g/mol. The van der Waals surface area contributed by atoms with E-state index in [9.17, 15) is 14.9 Å². The van der Waals surface area contributed by atoms with Gasteiger partial charge in [0, 0.05) is 18.2 Å². The average molecular weight is 266 g/mol. The Bertz CT molecular complexity index is 471. The van der Waals surface area contributed by atoms with Crippen LogP contribution in [-0.2, 0) is 11.3 Å². The van der Waals surface area contributed by atoms with Gasteiger partial charge in [0.1, 0.15) is 0 Å². The van der Waals surface area contributed by atoms with Crippen LogP contribution in [0.1, 0.15) is 25.8 Å². The fourth-order valence-electron chi connectivity index (χ4n) is 1.57. The molecule has 0 spiro atoms. The Hall–Kier alpha value is -1.95. The van der Waals surface area contributed by atoms with Crippen LogP contribution in [0.5, 0.6) is 0 Å². The van der Waals surface area contributed by atoms with Crippen molar-refractivity contribution < 1.29 is 14.8 Å². The number of hydrogen-bond acceptors (Lipinski definition) is 4. The average Bonchev–Trinajstić information content (AvgIpc) is 2.34. The predicted octanol–water partition coefficient (Wildman–Crippen LogP) is 2.19. The summed E-state index contributed by atoms with van der Waals surface area (Å²) in [6.07, 6.45) is 0.461. The molecule has 0 aliphatic heterocycles. The molecular formula is C13H18N2O4. The fourth-order valence-corrected chi connectivity index (χ4v) is 1.57. The number of rotatable bonds is 7. The van der Waals surface area contributed by atoms with Gasteiger partial charge >= 0.3 is 5.97 Å². The first-order chi connectivity index (χ1) is 8.84. The maximum Gasteiger partial charge on any atom is 0.309 e. The lowest BCUT2D eigenvalue weighted by Crippen LogP contribution is -2.28. The standard InChI is InChI=1S/C13H18N2O4/c1-13(2,12(16)17)7-8-14-9-10-5-3-4-6-11(10)15(18)19/h3-6,14H,7-9H2,1-2H3,(H,16,17). The summed E-state index contributed by atoms with van der Waals surface area (Å²) < 4.78 is 0. The van der Waals surface area contributed by atoms with Crippen LogP contribution < -0.4 is 5.32 Å². The van der Waals surface area contributed by atoms with Gasteiger partial charge in [0.15, 0.2) is 0 Å². The Kier molecular flexibility index (Phi) is 5.00. The molecule has 6 nitrogen and oxygen atoms in total. The minimum absolute atomic E-state index is 0.0764. The van der Waals surface area contributed by atoms with Crippen LogP contribution in [0.2, 0.25) is 0 Å². The van der Waals surface area contributed by atoms with Crippen LogP contribution in [0.25, 0.3) is 0 Å². The minimum Gasteiger partial charge on any atom is -0.481 e. The number of para-hydroxylation sites is 1. The summed E-state index contributed by atoms with van der Waals surface area (Å²) in [5.41, 5.74) is -0.122. The number of aliphatic carboxylic acids is 1. The SMILES string of the molecule is CC(C)(CCNCc1ccccc1[N+](=O)[O-])C(=O)O. The predicted molar refractivity (Wildman–Crippen MR) is 70.8 cm³/mol. The van der Waals surface area contributed by atoms with Crippen LogP contribution in [0.3, 0.4) is 0 Å². The lowest BCUT2D eigenvalue weighted by Gasteiger charge is -2.18. The number of carbonyl (C=O) groups is 1. The van der Waals surface area contributed by atoms with Crippen molar-refractivity contribution >= 4 is 11.7 Å². The van der Waals surface area contributed by atoms with Crippen molar-refractivity contribution in [2.45, 2.75) is 26.8 Å². The lowest BCUT2D eigenvalue weighted by molar-refractivity contribution is -0.385. The summed E-state index contributed by atoms with van der Waals surface area (Å²) in [5, 5.41) is 22.8. The van der Waals surface area contributed by atoms with Crippen LogP contribution >= 0.6 is 0 Å². The molecule has 1 aromatic rings. The molecule has 0 amide bonds. The molecule has 0 fully saturated rings. The third-order valence-electron chi connectivity index (χ3n) is 3.01. The van der Waals surface area contributed by atoms with E-state index >= 15 is 0 Å². The molecule has 0 saturated carbocycles. The van der Waals surface area contributed by atoms with E-state index in [1.807, 2.05) is 0 Å². The van der Waals surface area contributed by atoms with Gasteiger partial charge in [-0.15, -0.1) is 0 Å². The van der Waals surface area contributed by atoms with Gasteiger partial charge in [-0.1, -0.05) is 18.2 Å². The zero-order chi connectivity index (χ0) is 14.5. The quantitative estimate of drug-likeness (QED) is 0.448. The molecule has 2 N–H and O–H groups in total. The number of carboxylic acid groups (broad SMARTS) is 1. The minimum atomic E-state index is -0.847. The Balaban J connectivity index is 2.51. The normalized spacial score (nSPS) is 11.3. The van der Waals surface area contributed by atoms with E-state index in [4.69, 9.17) is 5.11 Å². The second-order valence-electron chi connectivity index (χ2n) is 5.00. The topological polar surface area (TPSA) is 92.5 Å². The number of carboxylic acids is 1. The first kappa shape index (κ1) is 15.1. The van der Waals surface area contributed by atoms with Gasteiger partial charge < -0.3 is 10.4 Å². The van der Waals surface area contributed by atoms with E-state index in [2.05, 4.69) is 5.32 Å². The molecule has 0 bridgehead atoms. The highest BCUT2D eigenvalue weighted by Gasteiger charge is 2.26. The summed E-state index contributed by atoms with van der Waals surface area (Å²) >= 11 is 0. The third kappa shape index (κ3) is 4.33. The summed E-state index contributed by atoms with van der Waals surface area (Å²) in [4.78, 5) is 21.3. The molecule has 0 atom stereocenters. The largest absolute Gasteiger partial charge is 0.481 e. The number of hydrogen-bond donors (Lipinski definition) is 2. The number of nitro benzene ring substituents is 1. The van der Waals surface area contributed by atoms with Crippen LogP contribution in [0.4, 0.5) is 5.69 Å². The van der Waals surface area contributed by atoms with E-state index in [1.165, 1.54) is 6.07 Å². The van der Waals surface area contributed by atoms with Gasteiger partial charge in [0.2, 0.25) is 0 Å². The summed E-state index contributed by atoms with van der Waals surface area (Å²) in [6, 6.07) is 6.51. The molecule has 1 rings (SSSR count). The van der Waals surface area contributed by atoms with Crippen molar-refractivity contribution in [3.63, 3.8) is 0 Å². The number of nitrogens with one attached hydrogen (secondary N) is 1. The Morgan fingerprint density at radius 1 is 1.42 bits per heavy atom. The molecule has 0 aliphatic carbocycles. The second-order valence-corrected chi connectivity index (χ2v) is 5.00. The molecule has 0 radical (unpaired) electrons. The maximum absolute atomic E-state index is 10.9. The van der Waals surface area contributed by atoms with Gasteiger partial charge in [-0.25, -0.2) is 0 Å². The van der Waals surface area contributed by atoms with E-state index in [-0.39, 0.29) is 5.69 Å². The molecule has 0 aliphatic rings. The van der Waals surface area contributed by atoms with Gasteiger partial charge in [-0.2, -0.15) is 0 Å². The monoisotopic (exact) mass is 266 g/mol. The fraction of sp³-hybridized carbons (Fsp3) is 0.462. The number of benzene rings is 1. The Morgan fingerprint density at radius 3 is 2.63 bits per heavy atom. The van der Waals surface area contributed by atoms with Crippen molar-refractivity contribution in [1.29, 1.82) is 0 Å². The third-order valence-corrected chi connectivity index (χ3v) is 3.01. The smallest absolute Gasteiger partial charge is 0.309 e. The van der Waals surface area contributed by atoms with E-state index in [0.717, 1.165) is 0 Å². The molecule has 6 heteroatoms. The van der Waals surface area contributed by atoms with Gasteiger partial charge in [0.25, 0.3) is 5.69 Å². The van der Waals surface area contributed by atoms with Gasteiger partial charge in [0.05, 0.1) is 10.3 Å².